The molecule has 2 aromatic rings. The largest absolute Gasteiger partial charge is 0.271 e. The molecule has 0 bridgehead atoms. The summed E-state index contributed by atoms with van der Waals surface area (Å²) in [5.74, 6) is -0.525. The molecule has 6 heteroatoms. The summed E-state index contributed by atoms with van der Waals surface area (Å²) < 4.78 is 27.0. The highest BCUT2D eigenvalue weighted by atomic mass is 32.2. The van der Waals surface area contributed by atoms with Crippen molar-refractivity contribution in [2.75, 3.05) is 0 Å². The fraction of sp³-hybridized carbons (Fsp3) is 0.0667. The van der Waals surface area contributed by atoms with Gasteiger partial charge in [0.15, 0.2) is 11.4 Å². The Morgan fingerprint density at radius 1 is 1.10 bits per heavy atom. The number of thioether (sulfide) groups is 1. The van der Waals surface area contributed by atoms with Crippen LogP contribution in [0.15, 0.2) is 53.5 Å². The Labute approximate surface area is 125 Å². The van der Waals surface area contributed by atoms with Gasteiger partial charge in [-0.15, -0.1) is 0 Å². The van der Waals surface area contributed by atoms with Crippen LogP contribution >= 0.6 is 11.8 Å². The summed E-state index contributed by atoms with van der Waals surface area (Å²) in [6.07, 6.45) is 1.74. The first-order valence-electron chi connectivity index (χ1n) is 6.05. The lowest BCUT2D eigenvalue weighted by Gasteiger charge is -2.05. The minimum atomic E-state index is -0.485. The average molecular weight is 303 g/mol. The predicted octanol–water partition coefficient (Wildman–Crippen LogP) is 3.96. The number of rotatable bonds is 3. The Morgan fingerprint density at radius 3 is 2.43 bits per heavy atom. The molecule has 0 saturated heterocycles. The summed E-state index contributed by atoms with van der Waals surface area (Å²) in [6, 6.07) is 12.3. The van der Waals surface area contributed by atoms with Crippen molar-refractivity contribution < 1.29 is 8.78 Å². The van der Waals surface area contributed by atoms with Crippen molar-refractivity contribution in [3.63, 3.8) is 0 Å². The SMILES string of the molecule is N#CNC(=Nc1ccccc1F)SCc1ccccc1F. The number of benzene rings is 2. The fourth-order valence-corrected chi connectivity index (χ4v) is 2.36. The van der Waals surface area contributed by atoms with Crippen molar-refractivity contribution in [3.05, 3.63) is 65.7 Å². The first-order valence-corrected chi connectivity index (χ1v) is 7.04. The van der Waals surface area contributed by atoms with Crippen LogP contribution in [-0.4, -0.2) is 5.17 Å². The highest BCUT2D eigenvalue weighted by Gasteiger charge is 2.06. The van der Waals surface area contributed by atoms with E-state index in [9.17, 15) is 8.78 Å². The topological polar surface area (TPSA) is 48.2 Å². The van der Waals surface area contributed by atoms with Crippen LogP contribution in [0.1, 0.15) is 5.56 Å². The number of nitriles is 1. The minimum Gasteiger partial charge on any atom is -0.271 e. The molecule has 0 unspecified atom stereocenters. The number of halogens is 2. The summed E-state index contributed by atoms with van der Waals surface area (Å²) in [5, 5.41) is 11.3. The van der Waals surface area contributed by atoms with Crippen LogP contribution < -0.4 is 5.32 Å². The van der Waals surface area contributed by atoms with E-state index in [0.29, 0.717) is 5.56 Å². The molecule has 0 heterocycles. The maximum Gasteiger partial charge on any atom is 0.183 e. The molecule has 2 rings (SSSR count). The van der Waals surface area contributed by atoms with Gasteiger partial charge in [0, 0.05) is 5.75 Å². The highest BCUT2D eigenvalue weighted by molar-refractivity contribution is 8.13. The van der Waals surface area contributed by atoms with Gasteiger partial charge in [0.2, 0.25) is 0 Å². The zero-order valence-electron chi connectivity index (χ0n) is 10.9. The van der Waals surface area contributed by atoms with E-state index in [4.69, 9.17) is 5.26 Å². The maximum atomic E-state index is 13.5. The third kappa shape index (κ3) is 4.29. The third-order valence-electron chi connectivity index (χ3n) is 2.56. The molecule has 21 heavy (non-hydrogen) atoms. The maximum absolute atomic E-state index is 13.5. The molecule has 0 spiro atoms. The highest BCUT2D eigenvalue weighted by Crippen LogP contribution is 2.21. The van der Waals surface area contributed by atoms with Crippen LogP contribution in [0.3, 0.4) is 0 Å². The lowest BCUT2D eigenvalue weighted by atomic mass is 10.2. The van der Waals surface area contributed by atoms with Crippen LogP contribution in [-0.2, 0) is 5.75 Å². The minimum absolute atomic E-state index is 0.122. The second kappa shape index (κ2) is 7.41. The van der Waals surface area contributed by atoms with E-state index >= 15 is 0 Å². The Morgan fingerprint density at radius 2 is 1.76 bits per heavy atom. The number of aliphatic imine (C=N–C) groups is 1. The molecule has 3 nitrogen and oxygen atoms in total. The van der Waals surface area contributed by atoms with Gasteiger partial charge >= 0.3 is 0 Å². The average Bonchev–Trinajstić information content (AvgIpc) is 2.48. The smallest absolute Gasteiger partial charge is 0.183 e. The van der Waals surface area contributed by atoms with Crippen molar-refractivity contribution >= 4 is 22.6 Å². The fourth-order valence-electron chi connectivity index (χ4n) is 1.56. The molecule has 1 N–H and O–H groups in total. The zero-order chi connectivity index (χ0) is 15.1. The van der Waals surface area contributed by atoms with E-state index in [-0.39, 0.29) is 22.4 Å². The van der Waals surface area contributed by atoms with E-state index in [2.05, 4.69) is 10.3 Å². The summed E-state index contributed by atoms with van der Waals surface area (Å²) in [4.78, 5) is 4.04. The number of para-hydroxylation sites is 1. The van der Waals surface area contributed by atoms with Crippen molar-refractivity contribution in [3.8, 4) is 6.19 Å². The van der Waals surface area contributed by atoms with Crippen LogP contribution in [0.4, 0.5) is 14.5 Å². The summed E-state index contributed by atoms with van der Waals surface area (Å²) in [5.41, 5.74) is 0.611. The molecule has 0 aliphatic rings. The molecule has 0 radical (unpaired) electrons. The van der Waals surface area contributed by atoms with Crippen LogP contribution in [0, 0.1) is 23.1 Å². The lowest BCUT2D eigenvalue weighted by Crippen LogP contribution is -2.13. The molecule has 0 fully saturated rings. The van der Waals surface area contributed by atoms with Crippen LogP contribution in [0.2, 0.25) is 0 Å². The Balaban J connectivity index is 2.15. The van der Waals surface area contributed by atoms with Crippen molar-refractivity contribution in [2.24, 2.45) is 4.99 Å². The number of amidine groups is 1. The molecule has 0 saturated carbocycles. The molecule has 2 aromatic carbocycles. The third-order valence-corrected chi connectivity index (χ3v) is 3.48. The lowest BCUT2D eigenvalue weighted by molar-refractivity contribution is 0.617. The zero-order valence-corrected chi connectivity index (χ0v) is 11.7. The number of nitrogens with zero attached hydrogens (tertiary/aromatic N) is 2. The van der Waals surface area contributed by atoms with E-state index in [0.717, 1.165) is 11.8 Å². The van der Waals surface area contributed by atoms with E-state index in [1.54, 1.807) is 36.5 Å². The molecule has 106 valence electrons. The number of nitrogens with one attached hydrogen (secondary N) is 1. The second-order valence-electron chi connectivity index (χ2n) is 3.99. The second-order valence-corrected chi connectivity index (χ2v) is 4.95. The molecular weight excluding hydrogens is 292 g/mol. The van der Waals surface area contributed by atoms with Crippen molar-refractivity contribution in [2.45, 2.75) is 5.75 Å². The summed E-state index contributed by atoms with van der Waals surface area (Å²) in [6.45, 7) is 0. The van der Waals surface area contributed by atoms with Gasteiger partial charge in [0.05, 0.1) is 0 Å². The molecule has 0 amide bonds. The molecule has 0 aromatic heterocycles. The van der Waals surface area contributed by atoms with Gasteiger partial charge in [-0.1, -0.05) is 42.1 Å². The number of hydrogen-bond donors (Lipinski definition) is 1. The van der Waals surface area contributed by atoms with Gasteiger partial charge in [-0.05, 0) is 23.8 Å². The Kier molecular flexibility index (Phi) is 5.29. The Bertz CT molecular complexity index is 695. The van der Waals surface area contributed by atoms with Gasteiger partial charge in [-0.3, -0.25) is 5.32 Å². The summed E-state index contributed by atoms with van der Waals surface area (Å²) in [7, 11) is 0. The van der Waals surface area contributed by atoms with Crippen LogP contribution in [0.5, 0.6) is 0 Å². The van der Waals surface area contributed by atoms with Gasteiger partial charge < -0.3 is 0 Å². The van der Waals surface area contributed by atoms with Gasteiger partial charge in [0.1, 0.15) is 17.3 Å². The summed E-state index contributed by atoms with van der Waals surface area (Å²) >= 11 is 1.13. The molecule has 0 aliphatic heterocycles. The first-order chi connectivity index (χ1) is 10.2. The quantitative estimate of drug-likeness (QED) is 0.404. The van der Waals surface area contributed by atoms with Gasteiger partial charge in [0.25, 0.3) is 0 Å². The normalized spacial score (nSPS) is 11.0. The van der Waals surface area contributed by atoms with Crippen molar-refractivity contribution in [1.82, 2.24) is 5.32 Å². The van der Waals surface area contributed by atoms with Gasteiger partial charge in [-0.2, -0.15) is 5.26 Å². The molecular formula is C15H11F2N3S. The standard InChI is InChI=1S/C15H11F2N3S/c16-12-6-2-1-5-11(12)9-21-15(19-10-18)20-14-8-4-3-7-13(14)17/h1-8H,9H2,(H,19,20). The molecule has 0 aliphatic carbocycles. The van der Waals surface area contributed by atoms with E-state index in [1.807, 2.05) is 0 Å². The van der Waals surface area contributed by atoms with Gasteiger partial charge in [-0.25, -0.2) is 13.8 Å². The molecule has 0 atom stereocenters. The van der Waals surface area contributed by atoms with E-state index < -0.39 is 5.82 Å². The van der Waals surface area contributed by atoms with Crippen LogP contribution in [0.25, 0.3) is 0 Å². The monoisotopic (exact) mass is 303 g/mol. The number of hydrogen-bond acceptors (Lipinski definition) is 3. The first kappa shape index (κ1) is 15.0. The Hall–Kier alpha value is -2.39. The van der Waals surface area contributed by atoms with Crippen molar-refractivity contribution in [1.29, 1.82) is 5.26 Å². The van der Waals surface area contributed by atoms with E-state index in [1.165, 1.54) is 18.2 Å². The predicted molar refractivity (Wildman–Crippen MR) is 79.9 cm³/mol.